The van der Waals surface area contributed by atoms with E-state index >= 15 is 0 Å². The molecule has 2 aromatic heterocycles. The summed E-state index contributed by atoms with van der Waals surface area (Å²) in [5.74, 6) is -0.0925. The first kappa shape index (κ1) is 24.6. The van der Waals surface area contributed by atoms with Crippen LogP contribution >= 0.6 is 11.3 Å². The first-order valence-corrected chi connectivity index (χ1v) is 13.0. The number of thiazole rings is 1. The summed E-state index contributed by atoms with van der Waals surface area (Å²) in [4.78, 5) is 35.7. The van der Waals surface area contributed by atoms with Crippen LogP contribution in [0.5, 0.6) is 0 Å². The second kappa shape index (κ2) is 9.52. The molecule has 4 aromatic rings. The van der Waals surface area contributed by atoms with E-state index in [0.717, 1.165) is 30.6 Å². The average Bonchev–Trinajstić information content (AvgIpc) is 3.57. The van der Waals surface area contributed by atoms with Crippen LogP contribution in [0.1, 0.15) is 25.7 Å². The Hall–Kier alpha value is -3.77. The summed E-state index contributed by atoms with van der Waals surface area (Å²) in [6.07, 6.45) is -1.16. The van der Waals surface area contributed by atoms with Crippen LogP contribution in [0, 0.1) is 0 Å². The predicted molar refractivity (Wildman–Crippen MR) is 135 cm³/mol. The van der Waals surface area contributed by atoms with Gasteiger partial charge in [0.2, 0.25) is 0 Å². The fourth-order valence-corrected chi connectivity index (χ4v) is 5.55. The highest BCUT2D eigenvalue weighted by molar-refractivity contribution is 7.11. The molecule has 0 radical (unpaired) electrons. The molecule has 0 aliphatic carbocycles. The van der Waals surface area contributed by atoms with Crippen LogP contribution in [-0.4, -0.2) is 86.6 Å². The molecule has 2 aliphatic heterocycles. The number of hydrogen-bond donors (Lipinski definition) is 0. The highest BCUT2D eigenvalue weighted by Crippen LogP contribution is 2.30. The smallest absolute Gasteiger partial charge is 0.335 e. The number of rotatable bonds is 4. The largest absolute Gasteiger partial charge is 0.416 e. The third-order valence-corrected chi connectivity index (χ3v) is 7.90. The van der Waals surface area contributed by atoms with Gasteiger partial charge in [0, 0.05) is 67.8 Å². The van der Waals surface area contributed by atoms with E-state index in [1.807, 2.05) is 4.90 Å². The number of alkyl halides is 3. The fraction of sp³-hybridized carbons (Fsp3) is 0.308. The van der Waals surface area contributed by atoms with Crippen molar-refractivity contribution < 1.29 is 22.8 Å². The number of hydrogen-bond acceptors (Lipinski definition) is 6. The molecule has 0 atom stereocenters. The third-order valence-electron chi connectivity index (χ3n) is 7.14. The van der Waals surface area contributed by atoms with Crippen molar-refractivity contribution in [2.24, 2.45) is 0 Å². The molecule has 2 amide bonds. The van der Waals surface area contributed by atoms with Gasteiger partial charge in [-0.2, -0.15) is 18.3 Å². The number of aromatic nitrogens is 3. The molecule has 6 rings (SSSR count). The second-order valence-electron chi connectivity index (χ2n) is 9.40. The van der Waals surface area contributed by atoms with Crippen molar-refractivity contribution in [1.29, 1.82) is 0 Å². The lowest BCUT2D eigenvalue weighted by Gasteiger charge is -2.48. The van der Waals surface area contributed by atoms with Gasteiger partial charge in [-0.25, -0.2) is 9.67 Å². The summed E-state index contributed by atoms with van der Waals surface area (Å²) in [7, 11) is 0. The van der Waals surface area contributed by atoms with Gasteiger partial charge < -0.3 is 9.80 Å². The van der Waals surface area contributed by atoms with E-state index in [4.69, 9.17) is 0 Å². The second-order valence-corrected chi connectivity index (χ2v) is 10.3. The third kappa shape index (κ3) is 4.54. The van der Waals surface area contributed by atoms with Crippen molar-refractivity contribution in [3.63, 3.8) is 0 Å². The van der Waals surface area contributed by atoms with Gasteiger partial charge in [-0.1, -0.05) is 0 Å². The lowest BCUT2D eigenvalue weighted by atomic mass is 10.0. The molecule has 2 aromatic carbocycles. The van der Waals surface area contributed by atoms with E-state index in [2.05, 4.69) is 15.0 Å². The molecule has 0 N–H and O–H groups in total. The molecule has 0 bridgehead atoms. The number of benzene rings is 2. The number of carbonyl (C=O) groups is 2. The van der Waals surface area contributed by atoms with Crippen LogP contribution in [0.3, 0.4) is 0 Å². The molecule has 38 heavy (non-hydrogen) atoms. The summed E-state index contributed by atoms with van der Waals surface area (Å²) >= 11 is 1.35. The number of amides is 2. The number of fused-ring (bicyclic) bond motifs is 1. The maximum absolute atomic E-state index is 13.1. The zero-order chi connectivity index (χ0) is 26.4. The van der Waals surface area contributed by atoms with Crippen LogP contribution in [0.25, 0.3) is 16.6 Å². The molecule has 2 aliphatic rings. The molecule has 0 unspecified atom stereocenters. The van der Waals surface area contributed by atoms with Gasteiger partial charge in [0.25, 0.3) is 11.8 Å². The van der Waals surface area contributed by atoms with Crippen molar-refractivity contribution in [2.45, 2.75) is 12.2 Å². The lowest BCUT2D eigenvalue weighted by molar-refractivity contribution is -0.137. The quantitative estimate of drug-likeness (QED) is 0.394. The number of likely N-dealkylation sites (tertiary alicyclic amines) is 1. The van der Waals surface area contributed by atoms with Crippen LogP contribution < -0.4 is 0 Å². The standard InChI is InChI=1S/C26H23F3N6O2S/c27-26(28,29)19-2-4-20(5-3-19)35-22-6-1-17(13-18(22)14-31-35)24(36)34-15-21(16-34)32-8-10-33(11-9-32)25(37)23-30-7-12-38-23/h1-7,12-14,21H,8-11,15-16H2. The molecule has 2 saturated heterocycles. The summed E-state index contributed by atoms with van der Waals surface area (Å²) in [5, 5.41) is 7.36. The van der Waals surface area contributed by atoms with Crippen molar-refractivity contribution in [1.82, 2.24) is 29.5 Å². The molecular weight excluding hydrogens is 517 g/mol. The SMILES string of the molecule is O=C(c1ccc2c(cnn2-c2ccc(C(F)(F)F)cc2)c1)N1CC(N2CCN(C(=O)c3nccs3)CC2)C1. The Bertz CT molecular complexity index is 1470. The molecule has 0 spiro atoms. The minimum atomic E-state index is -4.40. The number of piperazine rings is 1. The Morgan fingerprint density at radius 1 is 0.921 bits per heavy atom. The Kier molecular flexibility index (Phi) is 6.15. The van der Waals surface area contributed by atoms with Gasteiger partial charge in [0.05, 0.1) is 23.0 Å². The molecular formula is C26H23F3N6O2S. The number of halogens is 3. The van der Waals surface area contributed by atoms with Crippen molar-refractivity contribution in [2.75, 3.05) is 39.3 Å². The van der Waals surface area contributed by atoms with Gasteiger partial charge in [0.1, 0.15) is 0 Å². The summed E-state index contributed by atoms with van der Waals surface area (Å²) in [6, 6.07) is 10.3. The summed E-state index contributed by atoms with van der Waals surface area (Å²) in [5.41, 5.74) is 1.03. The Labute approximate surface area is 219 Å². The Balaban J connectivity index is 1.06. The van der Waals surface area contributed by atoms with Crippen molar-refractivity contribution in [3.05, 3.63) is 76.4 Å². The van der Waals surface area contributed by atoms with E-state index in [9.17, 15) is 22.8 Å². The molecule has 12 heteroatoms. The summed E-state index contributed by atoms with van der Waals surface area (Å²) in [6.45, 7) is 4.06. The van der Waals surface area contributed by atoms with E-state index in [1.54, 1.807) is 45.6 Å². The van der Waals surface area contributed by atoms with Crippen LogP contribution in [0.15, 0.2) is 60.2 Å². The minimum absolute atomic E-state index is 0.0258. The molecule has 8 nitrogen and oxygen atoms in total. The maximum Gasteiger partial charge on any atom is 0.416 e. The molecule has 4 heterocycles. The van der Waals surface area contributed by atoms with Gasteiger partial charge in [-0.15, -0.1) is 11.3 Å². The van der Waals surface area contributed by atoms with Gasteiger partial charge >= 0.3 is 6.18 Å². The van der Waals surface area contributed by atoms with E-state index in [0.29, 0.717) is 48.0 Å². The van der Waals surface area contributed by atoms with Crippen LogP contribution in [0.2, 0.25) is 0 Å². The van der Waals surface area contributed by atoms with Crippen molar-refractivity contribution >= 4 is 34.1 Å². The van der Waals surface area contributed by atoms with Crippen molar-refractivity contribution in [3.8, 4) is 5.69 Å². The Morgan fingerprint density at radius 3 is 2.32 bits per heavy atom. The van der Waals surface area contributed by atoms with E-state index in [1.165, 1.54) is 23.5 Å². The fourth-order valence-electron chi connectivity index (χ4n) is 4.95. The van der Waals surface area contributed by atoms with Gasteiger partial charge in [-0.05, 0) is 42.5 Å². The average molecular weight is 541 g/mol. The minimum Gasteiger partial charge on any atom is -0.335 e. The Morgan fingerprint density at radius 2 is 1.66 bits per heavy atom. The first-order valence-electron chi connectivity index (χ1n) is 12.2. The summed E-state index contributed by atoms with van der Waals surface area (Å²) < 4.78 is 40.2. The monoisotopic (exact) mass is 540 g/mol. The predicted octanol–water partition coefficient (Wildman–Crippen LogP) is 3.78. The topological polar surface area (TPSA) is 74.6 Å². The lowest BCUT2D eigenvalue weighted by Crippen LogP contribution is -2.64. The van der Waals surface area contributed by atoms with Gasteiger partial charge in [-0.3, -0.25) is 14.5 Å². The van der Waals surface area contributed by atoms with E-state index in [-0.39, 0.29) is 17.9 Å². The van der Waals surface area contributed by atoms with E-state index < -0.39 is 11.7 Å². The highest BCUT2D eigenvalue weighted by atomic mass is 32.1. The molecule has 2 fully saturated rings. The molecule has 196 valence electrons. The zero-order valence-electron chi connectivity index (χ0n) is 20.1. The maximum atomic E-state index is 13.1. The van der Waals surface area contributed by atoms with Crippen LogP contribution in [0.4, 0.5) is 13.2 Å². The van der Waals surface area contributed by atoms with Crippen LogP contribution in [-0.2, 0) is 6.18 Å². The first-order chi connectivity index (χ1) is 18.3. The highest BCUT2D eigenvalue weighted by Gasteiger charge is 2.37. The zero-order valence-corrected chi connectivity index (χ0v) is 21.0. The molecule has 0 saturated carbocycles. The van der Waals surface area contributed by atoms with Gasteiger partial charge in [0.15, 0.2) is 5.01 Å². The normalized spacial score (nSPS) is 17.1. The number of carbonyl (C=O) groups excluding carboxylic acids is 2. The number of nitrogens with zero attached hydrogens (tertiary/aromatic N) is 6.